The summed E-state index contributed by atoms with van der Waals surface area (Å²) < 4.78 is 2.10. The Morgan fingerprint density at radius 3 is 2.90 bits per heavy atom. The van der Waals surface area contributed by atoms with Crippen LogP contribution < -0.4 is 11.3 Å². The van der Waals surface area contributed by atoms with Crippen LogP contribution >= 0.6 is 12.2 Å². The number of aromatic nitrogens is 3. The van der Waals surface area contributed by atoms with Gasteiger partial charge in [-0.2, -0.15) is 0 Å². The summed E-state index contributed by atoms with van der Waals surface area (Å²) in [7, 11) is 0. The zero-order chi connectivity index (χ0) is 15.0. The van der Waals surface area contributed by atoms with Crippen LogP contribution in [0, 0.1) is 11.7 Å². The summed E-state index contributed by atoms with van der Waals surface area (Å²) in [5, 5.41) is 1.21. The molecule has 0 aliphatic heterocycles. The molecule has 0 saturated heterocycles. The molecule has 0 amide bonds. The molecule has 5 nitrogen and oxygen atoms in total. The molecule has 0 spiro atoms. The van der Waals surface area contributed by atoms with Crippen molar-refractivity contribution in [3.8, 4) is 0 Å². The Hall–Kier alpha value is -2.34. The Bertz CT molecular complexity index is 919. The van der Waals surface area contributed by atoms with Crippen molar-refractivity contribution in [2.45, 2.75) is 19.9 Å². The van der Waals surface area contributed by atoms with Gasteiger partial charge >= 0.3 is 0 Å². The molecule has 2 aromatic heterocycles. The summed E-state index contributed by atoms with van der Waals surface area (Å²) in [6.07, 6.45) is 2.80. The van der Waals surface area contributed by atoms with Crippen LogP contribution in [0.15, 0.2) is 35.3 Å². The van der Waals surface area contributed by atoms with Gasteiger partial charge in [-0.3, -0.25) is 9.78 Å². The Balaban J connectivity index is 1.92. The Morgan fingerprint density at radius 1 is 1.33 bits per heavy atom. The van der Waals surface area contributed by atoms with Gasteiger partial charge in [0.1, 0.15) is 5.82 Å². The lowest BCUT2D eigenvalue weighted by molar-refractivity contribution is 0.674. The van der Waals surface area contributed by atoms with Crippen molar-refractivity contribution in [1.82, 2.24) is 14.5 Å². The molecule has 3 aromatic rings. The smallest absolute Gasteiger partial charge is 0.253 e. The maximum Gasteiger partial charge on any atom is 0.253 e. The van der Waals surface area contributed by atoms with Crippen LogP contribution in [0.1, 0.15) is 11.1 Å². The van der Waals surface area contributed by atoms with Gasteiger partial charge in [-0.1, -0.05) is 11.6 Å². The van der Waals surface area contributed by atoms with E-state index >= 15 is 0 Å². The van der Waals surface area contributed by atoms with Crippen LogP contribution in [0.3, 0.4) is 0 Å². The highest BCUT2D eigenvalue weighted by molar-refractivity contribution is 7.71. The quantitative estimate of drug-likeness (QED) is 0.650. The molecule has 0 aliphatic carbocycles. The van der Waals surface area contributed by atoms with Gasteiger partial charge in [0.2, 0.25) is 0 Å². The predicted octanol–water partition coefficient (Wildman–Crippen LogP) is 2.52. The van der Waals surface area contributed by atoms with Crippen LogP contribution in [0.2, 0.25) is 0 Å². The normalized spacial score (nSPS) is 11.1. The van der Waals surface area contributed by atoms with Gasteiger partial charge in [-0.05, 0) is 43.3 Å². The number of hydrogen-bond acceptors (Lipinski definition) is 3. The number of nitrogens with one attached hydrogen (secondary N) is 2. The third-order valence-corrected chi connectivity index (χ3v) is 3.92. The Labute approximate surface area is 126 Å². The van der Waals surface area contributed by atoms with E-state index in [0.29, 0.717) is 17.1 Å². The number of fused-ring (bicyclic) bond motifs is 1. The highest BCUT2D eigenvalue weighted by Crippen LogP contribution is 2.20. The molecule has 21 heavy (non-hydrogen) atoms. The molecule has 0 fully saturated rings. The lowest BCUT2D eigenvalue weighted by Crippen LogP contribution is -2.17. The van der Waals surface area contributed by atoms with Crippen molar-refractivity contribution >= 4 is 28.9 Å². The molecule has 4 N–H and O–H groups in total. The fourth-order valence-corrected chi connectivity index (χ4v) is 2.80. The summed E-state index contributed by atoms with van der Waals surface area (Å²) >= 11 is 5.16. The molecule has 0 unspecified atom stereocenters. The van der Waals surface area contributed by atoms with E-state index in [4.69, 9.17) is 18.0 Å². The van der Waals surface area contributed by atoms with Crippen molar-refractivity contribution in [1.29, 1.82) is 0 Å². The maximum atomic E-state index is 11.3. The lowest BCUT2D eigenvalue weighted by Gasteiger charge is -2.09. The average Bonchev–Trinajstić information content (AvgIpc) is 2.80. The highest BCUT2D eigenvalue weighted by Gasteiger charge is 2.06. The fourth-order valence-electron chi connectivity index (χ4n) is 2.50. The monoisotopic (exact) mass is 300 g/mol. The molecule has 0 saturated carbocycles. The van der Waals surface area contributed by atoms with Gasteiger partial charge in [0.05, 0.1) is 0 Å². The number of anilines is 1. The van der Waals surface area contributed by atoms with E-state index in [2.05, 4.69) is 35.1 Å². The Morgan fingerprint density at radius 2 is 2.14 bits per heavy atom. The van der Waals surface area contributed by atoms with Crippen LogP contribution in [0.25, 0.3) is 10.9 Å². The first-order chi connectivity index (χ1) is 10.0. The SMILES string of the molecule is Cc1ccc2[nH]cc(CCn3c(N)cc(=O)[nH]c3=S)c2c1. The molecule has 0 atom stereocenters. The zero-order valence-electron chi connectivity index (χ0n) is 11.6. The van der Waals surface area contributed by atoms with Gasteiger partial charge in [0.15, 0.2) is 4.77 Å². The second-order valence-corrected chi connectivity index (χ2v) is 5.51. The minimum Gasteiger partial charge on any atom is -0.385 e. The Kier molecular flexibility index (Phi) is 3.39. The summed E-state index contributed by atoms with van der Waals surface area (Å²) in [6, 6.07) is 7.68. The number of benzene rings is 1. The maximum absolute atomic E-state index is 11.3. The first-order valence-corrected chi connectivity index (χ1v) is 7.11. The third kappa shape index (κ3) is 2.62. The molecule has 0 bridgehead atoms. The molecular weight excluding hydrogens is 284 g/mol. The van der Waals surface area contributed by atoms with E-state index in [-0.39, 0.29) is 5.56 Å². The average molecular weight is 300 g/mol. The predicted molar refractivity (Wildman–Crippen MR) is 87.0 cm³/mol. The molecule has 2 heterocycles. The van der Waals surface area contributed by atoms with Crippen molar-refractivity contribution < 1.29 is 0 Å². The number of aromatic amines is 2. The molecule has 6 heteroatoms. The van der Waals surface area contributed by atoms with E-state index in [1.165, 1.54) is 22.6 Å². The number of rotatable bonds is 3. The molecule has 3 rings (SSSR count). The van der Waals surface area contributed by atoms with E-state index < -0.39 is 0 Å². The van der Waals surface area contributed by atoms with E-state index in [9.17, 15) is 4.79 Å². The van der Waals surface area contributed by atoms with Gasteiger partial charge in [0.25, 0.3) is 5.56 Å². The van der Waals surface area contributed by atoms with Crippen molar-refractivity contribution in [2.75, 3.05) is 5.73 Å². The number of nitrogens with zero attached hydrogens (tertiary/aromatic N) is 1. The molecular formula is C15H16N4OS. The second-order valence-electron chi connectivity index (χ2n) is 5.13. The van der Waals surface area contributed by atoms with E-state index in [0.717, 1.165) is 11.9 Å². The van der Waals surface area contributed by atoms with Crippen molar-refractivity contribution in [3.05, 3.63) is 56.7 Å². The van der Waals surface area contributed by atoms with E-state index in [1.807, 2.05) is 6.20 Å². The van der Waals surface area contributed by atoms with Crippen LogP contribution in [-0.4, -0.2) is 14.5 Å². The van der Waals surface area contributed by atoms with Crippen molar-refractivity contribution in [3.63, 3.8) is 0 Å². The summed E-state index contributed by atoms with van der Waals surface area (Å²) in [5.74, 6) is 0.389. The van der Waals surface area contributed by atoms with Crippen molar-refractivity contribution in [2.24, 2.45) is 0 Å². The summed E-state index contributed by atoms with van der Waals surface area (Å²) in [4.78, 5) is 17.1. The number of nitrogen functional groups attached to an aromatic ring is 1. The van der Waals surface area contributed by atoms with Gasteiger partial charge in [0, 0.05) is 29.7 Å². The first-order valence-electron chi connectivity index (χ1n) is 6.71. The van der Waals surface area contributed by atoms with Crippen LogP contribution in [0.4, 0.5) is 5.82 Å². The van der Waals surface area contributed by atoms with Crippen LogP contribution in [0.5, 0.6) is 0 Å². The number of hydrogen-bond donors (Lipinski definition) is 3. The minimum atomic E-state index is -0.267. The fraction of sp³-hybridized carbons (Fsp3) is 0.200. The largest absolute Gasteiger partial charge is 0.385 e. The van der Waals surface area contributed by atoms with Crippen LogP contribution in [-0.2, 0) is 13.0 Å². The number of H-pyrrole nitrogens is 2. The standard InChI is InChI=1S/C15H16N4OS/c1-9-2-3-12-11(6-9)10(8-17-12)4-5-19-13(16)7-14(20)18-15(19)21/h2-3,6-8,17H,4-5,16H2,1H3,(H,18,20,21). The summed E-state index contributed by atoms with van der Waals surface area (Å²) in [5.41, 5.74) is 9.15. The van der Waals surface area contributed by atoms with E-state index in [1.54, 1.807) is 4.57 Å². The highest BCUT2D eigenvalue weighted by atomic mass is 32.1. The van der Waals surface area contributed by atoms with Gasteiger partial charge < -0.3 is 15.3 Å². The van der Waals surface area contributed by atoms with Gasteiger partial charge in [-0.15, -0.1) is 0 Å². The topological polar surface area (TPSA) is 79.6 Å². The van der Waals surface area contributed by atoms with Gasteiger partial charge in [-0.25, -0.2) is 0 Å². The first kappa shape index (κ1) is 13.6. The third-order valence-electron chi connectivity index (χ3n) is 3.59. The number of aryl methyl sites for hydroxylation is 2. The zero-order valence-corrected chi connectivity index (χ0v) is 12.5. The molecule has 1 aromatic carbocycles. The minimum absolute atomic E-state index is 0.267. The summed E-state index contributed by atoms with van der Waals surface area (Å²) in [6.45, 7) is 2.70. The molecule has 0 radical (unpaired) electrons. The lowest BCUT2D eigenvalue weighted by atomic mass is 10.1. The second kappa shape index (κ2) is 5.21. The number of nitrogens with two attached hydrogens (primary N) is 1. The molecule has 0 aliphatic rings. The molecule has 108 valence electrons.